The van der Waals surface area contributed by atoms with Crippen LogP contribution < -0.4 is 14.8 Å². The van der Waals surface area contributed by atoms with Crippen molar-refractivity contribution in [2.45, 2.75) is 50.7 Å². The Bertz CT molecular complexity index is 938. The van der Waals surface area contributed by atoms with E-state index in [-0.39, 0.29) is 36.2 Å². The van der Waals surface area contributed by atoms with Gasteiger partial charge in [-0.2, -0.15) is 0 Å². The maximum atomic E-state index is 14.2. The zero-order chi connectivity index (χ0) is 21.1. The molecule has 0 bridgehead atoms. The molecule has 1 amide bonds. The predicted molar refractivity (Wildman–Crippen MR) is 105 cm³/mol. The van der Waals surface area contributed by atoms with Crippen molar-refractivity contribution in [3.05, 3.63) is 52.7 Å². The molecule has 2 heterocycles. The molecule has 1 fully saturated rings. The highest BCUT2D eigenvalue weighted by Gasteiger charge is 2.26. The molecular weight excluding hydrogens is 394 g/mol. The number of aromatic nitrogens is 1. The molecule has 2 aromatic rings. The van der Waals surface area contributed by atoms with Crippen LogP contribution in [0.15, 0.2) is 24.3 Å². The average molecular weight is 418 g/mol. The number of amides is 1. The van der Waals surface area contributed by atoms with Gasteiger partial charge in [-0.15, -0.1) is 0 Å². The highest BCUT2D eigenvalue weighted by molar-refractivity contribution is 5.78. The molecule has 6 nitrogen and oxygen atoms in total. The van der Waals surface area contributed by atoms with Gasteiger partial charge in [-0.05, 0) is 30.5 Å². The fourth-order valence-electron chi connectivity index (χ4n) is 3.97. The largest absolute Gasteiger partial charge is 0.484 e. The number of pyridine rings is 1. The van der Waals surface area contributed by atoms with Crippen molar-refractivity contribution in [1.82, 2.24) is 10.3 Å². The highest BCUT2D eigenvalue weighted by Crippen LogP contribution is 2.34. The molecule has 160 valence electrons. The molecule has 4 rings (SSSR count). The normalized spacial score (nSPS) is 20.6. The zero-order valence-electron chi connectivity index (χ0n) is 16.5. The van der Waals surface area contributed by atoms with E-state index in [9.17, 15) is 18.7 Å². The van der Waals surface area contributed by atoms with E-state index >= 15 is 0 Å². The molecule has 0 spiro atoms. The summed E-state index contributed by atoms with van der Waals surface area (Å²) in [5.41, 5.74) is 1.19. The number of benzene rings is 1. The van der Waals surface area contributed by atoms with Gasteiger partial charge in [0.2, 0.25) is 5.91 Å². The van der Waals surface area contributed by atoms with Crippen molar-refractivity contribution < 1.29 is 28.2 Å². The second-order valence-corrected chi connectivity index (χ2v) is 7.70. The van der Waals surface area contributed by atoms with Crippen LogP contribution in [0.5, 0.6) is 11.6 Å². The Kier molecular flexibility index (Phi) is 6.13. The van der Waals surface area contributed by atoms with Crippen LogP contribution in [0.4, 0.5) is 8.78 Å². The number of rotatable bonds is 5. The van der Waals surface area contributed by atoms with Crippen molar-refractivity contribution >= 4 is 5.91 Å². The molecule has 2 atom stereocenters. The Hall–Kier alpha value is -2.74. The first-order valence-corrected chi connectivity index (χ1v) is 10.2. The van der Waals surface area contributed by atoms with Gasteiger partial charge in [-0.1, -0.05) is 25.0 Å². The monoisotopic (exact) mass is 418 g/mol. The molecular formula is C22H24F2N2O4. The fourth-order valence-corrected chi connectivity index (χ4v) is 3.97. The first-order chi connectivity index (χ1) is 14.5. The lowest BCUT2D eigenvalue weighted by Crippen LogP contribution is -2.45. The molecule has 0 radical (unpaired) electrons. The number of aliphatic hydroxyl groups is 1. The smallest absolute Gasteiger partial charge is 0.257 e. The lowest BCUT2D eigenvalue weighted by Gasteiger charge is -2.28. The van der Waals surface area contributed by atoms with E-state index in [1.165, 1.54) is 12.1 Å². The molecule has 2 aliphatic rings. The minimum absolute atomic E-state index is 0.0154. The van der Waals surface area contributed by atoms with Crippen LogP contribution in [-0.4, -0.2) is 41.4 Å². The molecule has 2 N–H and O–H groups in total. The molecule has 0 saturated heterocycles. The van der Waals surface area contributed by atoms with Gasteiger partial charge in [0.1, 0.15) is 13.2 Å². The van der Waals surface area contributed by atoms with Crippen molar-refractivity contribution in [3.63, 3.8) is 0 Å². The van der Waals surface area contributed by atoms with E-state index in [4.69, 9.17) is 9.47 Å². The minimum atomic E-state index is -0.918. The van der Waals surface area contributed by atoms with Gasteiger partial charge < -0.3 is 19.9 Å². The Morgan fingerprint density at radius 1 is 1.17 bits per heavy atom. The second-order valence-electron chi connectivity index (χ2n) is 7.70. The van der Waals surface area contributed by atoms with Crippen molar-refractivity contribution in [2.75, 3.05) is 13.2 Å². The number of ether oxygens (including phenoxy) is 2. The van der Waals surface area contributed by atoms with Crippen LogP contribution in [0.2, 0.25) is 0 Å². The summed E-state index contributed by atoms with van der Waals surface area (Å²) < 4.78 is 39.0. The minimum Gasteiger partial charge on any atom is -0.484 e. The Balaban J connectivity index is 1.56. The standard InChI is InChI=1S/C22H24F2N2O4/c23-16-5-3-4-13(20(16)24)10-14-11-15(25-22-21(14)29-8-9-30-22)12-19(28)26-17-6-1-2-7-18(17)27/h3-5,11,17-18,27H,1-2,6-10,12H2,(H,26,28)/t17-,18-/m0/s1. The van der Waals surface area contributed by atoms with Crippen molar-refractivity contribution in [1.29, 1.82) is 0 Å². The van der Waals surface area contributed by atoms with Gasteiger partial charge in [0.15, 0.2) is 17.4 Å². The number of nitrogens with one attached hydrogen (secondary N) is 1. The van der Waals surface area contributed by atoms with Crippen LogP contribution in [0.3, 0.4) is 0 Å². The number of carbonyl (C=O) groups excluding carboxylic acids is 1. The van der Waals surface area contributed by atoms with Gasteiger partial charge in [0, 0.05) is 12.0 Å². The third-order valence-corrected chi connectivity index (χ3v) is 5.47. The quantitative estimate of drug-likeness (QED) is 0.781. The molecule has 1 aliphatic heterocycles. The number of hydrogen-bond acceptors (Lipinski definition) is 5. The number of halogens is 2. The summed E-state index contributed by atoms with van der Waals surface area (Å²) in [5.74, 6) is -1.45. The Morgan fingerprint density at radius 3 is 2.80 bits per heavy atom. The zero-order valence-corrected chi connectivity index (χ0v) is 16.5. The lowest BCUT2D eigenvalue weighted by molar-refractivity contribution is -0.122. The van der Waals surface area contributed by atoms with Crippen LogP contribution in [-0.2, 0) is 17.6 Å². The molecule has 1 saturated carbocycles. The van der Waals surface area contributed by atoms with Crippen molar-refractivity contribution in [3.8, 4) is 11.6 Å². The van der Waals surface area contributed by atoms with E-state index in [2.05, 4.69) is 10.3 Å². The molecule has 0 unspecified atom stereocenters. The number of fused-ring (bicyclic) bond motifs is 1. The summed E-state index contributed by atoms with van der Waals surface area (Å²) in [4.78, 5) is 16.9. The average Bonchev–Trinajstić information content (AvgIpc) is 2.73. The van der Waals surface area contributed by atoms with E-state index < -0.39 is 17.7 Å². The van der Waals surface area contributed by atoms with E-state index in [1.807, 2.05) is 0 Å². The summed E-state index contributed by atoms with van der Waals surface area (Å²) in [6.45, 7) is 0.643. The fraction of sp³-hybridized carbons (Fsp3) is 0.455. The van der Waals surface area contributed by atoms with Crippen LogP contribution in [0.25, 0.3) is 0 Å². The molecule has 1 aliphatic carbocycles. The first-order valence-electron chi connectivity index (χ1n) is 10.2. The van der Waals surface area contributed by atoms with Gasteiger partial charge in [0.05, 0.1) is 24.3 Å². The van der Waals surface area contributed by atoms with Crippen molar-refractivity contribution in [2.24, 2.45) is 0 Å². The Morgan fingerprint density at radius 2 is 1.97 bits per heavy atom. The number of carbonyl (C=O) groups is 1. The summed E-state index contributed by atoms with van der Waals surface area (Å²) in [5, 5.41) is 12.9. The van der Waals surface area contributed by atoms with Crippen LogP contribution in [0, 0.1) is 11.6 Å². The van der Waals surface area contributed by atoms with E-state index in [1.54, 1.807) is 6.07 Å². The lowest BCUT2D eigenvalue weighted by atomic mass is 9.92. The van der Waals surface area contributed by atoms with Gasteiger partial charge >= 0.3 is 0 Å². The summed E-state index contributed by atoms with van der Waals surface area (Å²) in [7, 11) is 0. The van der Waals surface area contributed by atoms with Gasteiger partial charge in [-0.3, -0.25) is 4.79 Å². The Labute approximate surface area is 173 Å². The third-order valence-electron chi connectivity index (χ3n) is 5.47. The van der Waals surface area contributed by atoms with Crippen LogP contribution in [0.1, 0.15) is 42.5 Å². The highest BCUT2D eigenvalue weighted by atomic mass is 19.2. The first kappa shape index (κ1) is 20.5. The van der Waals surface area contributed by atoms with Gasteiger partial charge in [-0.25, -0.2) is 13.8 Å². The molecule has 1 aromatic heterocycles. The maximum Gasteiger partial charge on any atom is 0.257 e. The summed E-state index contributed by atoms with van der Waals surface area (Å²) in [6.07, 6.45) is 2.86. The van der Waals surface area contributed by atoms with Gasteiger partial charge in [0.25, 0.3) is 5.88 Å². The molecule has 8 heteroatoms. The number of nitrogens with zero attached hydrogens (tertiary/aromatic N) is 1. The summed E-state index contributed by atoms with van der Waals surface area (Å²) >= 11 is 0. The third kappa shape index (κ3) is 4.53. The maximum absolute atomic E-state index is 14.2. The number of aliphatic hydroxyl groups excluding tert-OH is 1. The SMILES string of the molecule is O=C(Cc1cc(Cc2cccc(F)c2F)c2c(n1)OCCO2)N[C@H]1CCCC[C@@H]1O. The van der Waals surface area contributed by atoms with Crippen LogP contribution >= 0.6 is 0 Å². The predicted octanol–water partition coefficient (Wildman–Crippen LogP) is 2.68. The number of hydrogen-bond donors (Lipinski definition) is 2. The molecule has 1 aromatic carbocycles. The van der Waals surface area contributed by atoms with E-state index in [0.717, 1.165) is 25.3 Å². The molecule has 30 heavy (non-hydrogen) atoms. The van der Waals surface area contributed by atoms with E-state index in [0.29, 0.717) is 36.6 Å². The second kappa shape index (κ2) is 8.95. The topological polar surface area (TPSA) is 80.7 Å². The summed E-state index contributed by atoms with van der Waals surface area (Å²) in [6, 6.07) is 5.42.